The summed E-state index contributed by atoms with van der Waals surface area (Å²) in [5, 5.41) is 0. The quantitative estimate of drug-likeness (QED) is 0.513. The summed E-state index contributed by atoms with van der Waals surface area (Å²) in [7, 11) is 5.33. The molecule has 0 heterocycles. The van der Waals surface area contributed by atoms with E-state index in [-0.39, 0.29) is 18.9 Å². The van der Waals surface area contributed by atoms with Gasteiger partial charge in [0.25, 0.3) is 0 Å². The third-order valence-electron chi connectivity index (χ3n) is 2.00. The number of hydrogen-bond donors (Lipinski definition) is 0. The molecule has 1 nitrogen and oxygen atoms in total. The Balaban J connectivity index is 2.43. The Morgan fingerprint density at radius 2 is 2.20 bits per heavy atom. The van der Waals surface area contributed by atoms with E-state index < -0.39 is 5.92 Å². The minimum absolute atomic E-state index is 0.0185. The lowest BCUT2D eigenvalue weighted by Crippen LogP contribution is -2.24. The lowest BCUT2D eigenvalue weighted by atomic mass is 10.2. The molecule has 0 amide bonds. The summed E-state index contributed by atoms with van der Waals surface area (Å²) in [5.41, 5.74) is 0. The van der Waals surface area contributed by atoms with Crippen molar-refractivity contribution in [3.63, 3.8) is 0 Å². The zero-order valence-electron chi connectivity index (χ0n) is 6.11. The van der Waals surface area contributed by atoms with E-state index in [2.05, 4.69) is 7.05 Å². The first-order valence-electron chi connectivity index (χ1n) is 3.42. The first-order chi connectivity index (χ1) is 4.51. The van der Waals surface area contributed by atoms with Crippen molar-refractivity contribution in [2.24, 2.45) is 0 Å². The van der Waals surface area contributed by atoms with Gasteiger partial charge in [-0.15, -0.1) is 0 Å². The van der Waals surface area contributed by atoms with Gasteiger partial charge in [0, 0.05) is 12.8 Å². The zero-order valence-corrected chi connectivity index (χ0v) is 6.11. The van der Waals surface area contributed by atoms with Gasteiger partial charge in [0.15, 0.2) is 0 Å². The molecule has 3 heteroatoms. The number of rotatable bonds is 1. The van der Waals surface area contributed by atoms with Crippen molar-refractivity contribution >= 4 is 0 Å². The van der Waals surface area contributed by atoms with E-state index in [0.717, 1.165) is 0 Å². The Hall–Kier alpha value is -0.180. The molecule has 0 bridgehead atoms. The van der Waals surface area contributed by atoms with Gasteiger partial charge in [-0.1, -0.05) is 0 Å². The summed E-state index contributed by atoms with van der Waals surface area (Å²) in [6.45, 7) is 0. The fourth-order valence-corrected chi connectivity index (χ4v) is 1.30. The van der Waals surface area contributed by atoms with Gasteiger partial charge >= 0.3 is 0 Å². The number of alkyl halides is 2. The van der Waals surface area contributed by atoms with Crippen molar-refractivity contribution in [3.05, 3.63) is 7.05 Å². The van der Waals surface area contributed by atoms with E-state index in [1.165, 1.54) is 0 Å². The van der Waals surface area contributed by atoms with E-state index in [0.29, 0.717) is 6.42 Å². The van der Waals surface area contributed by atoms with Crippen LogP contribution in [0.4, 0.5) is 8.78 Å². The molecule has 1 rings (SSSR count). The monoisotopic (exact) mass is 148 g/mol. The van der Waals surface area contributed by atoms with Crippen molar-refractivity contribution in [3.8, 4) is 0 Å². The van der Waals surface area contributed by atoms with Crippen LogP contribution in [0.3, 0.4) is 0 Å². The second kappa shape index (κ2) is 2.46. The molecule has 0 aromatic carbocycles. The number of hydrogen-bond acceptors (Lipinski definition) is 1. The van der Waals surface area contributed by atoms with Crippen molar-refractivity contribution in [2.45, 2.75) is 31.2 Å². The third kappa shape index (κ3) is 1.66. The highest BCUT2D eigenvalue weighted by Gasteiger charge is 2.38. The van der Waals surface area contributed by atoms with E-state index in [4.69, 9.17) is 0 Å². The summed E-state index contributed by atoms with van der Waals surface area (Å²) in [6, 6.07) is -0.0185. The molecule has 0 aromatic heterocycles. The second-order valence-electron chi connectivity index (χ2n) is 3.01. The molecule has 1 unspecified atom stereocenters. The maximum Gasteiger partial charge on any atom is 0.249 e. The highest BCUT2D eigenvalue weighted by atomic mass is 19.3. The molecule has 0 saturated heterocycles. The van der Waals surface area contributed by atoms with E-state index >= 15 is 0 Å². The van der Waals surface area contributed by atoms with E-state index in [1.54, 1.807) is 11.9 Å². The van der Waals surface area contributed by atoms with Gasteiger partial charge < -0.3 is 4.90 Å². The molecule has 1 fully saturated rings. The zero-order chi connectivity index (χ0) is 7.78. The fraction of sp³-hybridized carbons (Fsp3) is 0.857. The molecule has 1 saturated carbocycles. The molecular weight excluding hydrogens is 136 g/mol. The molecule has 0 spiro atoms. The summed E-state index contributed by atoms with van der Waals surface area (Å²) in [4.78, 5) is 1.63. The standard InChI is InChI=1S/C7H12F2N/c1-10(2)6-3-4-7(8,9)5-6/h6H,1,3-5H2,2H3/q-1. The smallest absolute Gasteiger partial charge is 0.249 e. The normalized spacial score (nSPS) is 31.5. The van der Waals surface area contributed by atoms with Crippen LogP contribution in [0.15, 0.2) is 0 Å². The first-order valence-corrected chi connectivity index (χ1v) is 3.42. The summed E-state index contributed by atoms with van der Waals surface area (Å²) >= 11 is 0. The van der Waals surface area contributed by atoms with E-state index in [9.17, 15) is 8.78 Å². The third-order valence-corrected chi connectivity index (χ3v) is 2.00. The van der Waals surface area contributed by atoms with Gasteiger partial charge in [-0.3, -0.25) is 7.05 Å². The van der Waals surface area contributed by atoms with Crippen LogP contribution in [0.1, 0.15) is 19.3 Å². The SMILES string of the molecule is [CH2-]N(C)C1CCC(F)(F)C1. The average Bonchev–Trinajstić information content (AvgIpc) is 2.10. The molecule has 0 aliphatic heterocycles. The molecule has 10 heavy (non-hydrogen) atoms. The van der Waals surface area contributed by atoms with Crippen molar-refractivity contribution in [1.82, 2.24) is 4.90 Å². The molecule has 0 N–H and O–H groups in total. The molecule has 0 aromatic rings. The minimum Gasteiger partial charge on any atom is -0.459 e. The van der Waals surface area contributed by atoms with Crippen LogP contribution in [0.25, 0.3) is 0 Å². The Kier molecular flexibility index (Phi) is 1.95. The lowest BCUT2D eigenvalue weighted by Gasteiger charge is -2.26. The predicted octanol–water partition coefficient (Wildman–Crippen LogP) is 1.90. The number of halogens is 2. The molecule has 60 valence electrons. The van der Waals surface area contributed by atoms with Crippen molar-refractivity contribution in [1.29, 1.82) is 0 Å². The second-order valence-corrected chi connectivity index (χ2v) is 3.01. The minimum atomic E-state index is -2.43. The van der Waals surface area contributed by atoms with Crippen molar-refractivity contribution in [2.75, 3.05) is 7.05 Å². The fourth-order valence-electron chi connectivity index (χ4n) is 1.30. The van der Waals surface area contributed by atoms with Crippen LogP contribution in [0, 0.1) is 7.05 Å². The van der Waals surface area contributed by atoms with Crippen LogP contribution in [0.5, 0.6) is 0 Å². The summed E-state index contributed by atoms with van der Waals surface area (Å²) in [5.74, 6) is -2.43. The maximum absolute atomic E-state index is 12.5. The Bertz CT molecular complexity index is 123. The molecule has 1 aliphatic rings. The van der Waals surface area contributed by atoms with Crippen LogP contribution in [-0.4, -0.2) is 23.9 Å². The van der Waals surface area contributed by atoms with Gasteiger partial charge in [-0.05, 0) is 19.5 Å². The predicted molar refractivity (Wildman–Crippen MR) is 35.7 cm³/mol. The van der Waals surface area contributed by atoms with Crippen LogP contribution >= 0.6 is 0 Å². The summed E-state index contributed by atoms with van der Waals surface area (Å²) < 4.78 is 25.0. The lowest BCUT2D eigenvalue weighted by molar-refractivity contribution is 0.00379. The maximum atomic E-state index is 12.5. The van der Waals surface area contributed by atoms with Crippen molar-refractivity contribution < 1.29 is 8.78 Å². The van der Waals surface area contributed by atoms with Gasteiger partial charge in [0.2, 0.25) is 5.92 Å². The molecule has 1 aliphatic carbocycles. The van der Waals surface area contributed by atoms with Crippen LogP contribution < -0.4 is 0 Å². The van der Waals surface area contributed by atoms with Gasteiger partial charge in [0.1, 0.15) is 0 Å². The molecular formula is C7H12F2N-. The number of nitrogens with zero attached hydrogens (tertiary/aromatic N) is 1. The Labute approximate surface area is 60.0 Å². The topological polar surface area (TPSA) is 3.24 Å². The van der Waals surface area contributed by atoms with Crippen LogP contribution in [-0.2, 0) is 0 Å². The molecule has 1 atom stereocenters. The summed E-state index contributed by atoms with van der Waals surface area (Å²) in [6.07, 6.45) is 0.581. The Morgan fingerprint density at radius 3 is 2.40 bits per heavy atom. The highest BCUT2D eigenvalue weighted by molar-refractivity contribution is 4.86. The largest absolute Gasteiger partial charge is 0.459 e. The first kappa shape index (κ1) is 7.92. The Morgan fingerprint density at radius 1 is 1.60 bits per heavy atom. The van der Waals surface area contributed by atoms with Gasteiger partial charge in [0.05, 0.1) is 0 Å². The average molecular weight is 148 g/mol. The molecule has 0 radical (unpaired) electrons. The van der Waals surface area contributed by atoms with E-state index in [1.807, 2.05) is 0 Å². The van der Waals surface area contributed by atoms with Gasteiger partial charge in [-0.2, -0.15) is 0 Å². The van der Waals surface area contributed by atoms with Crippen LogP contribution in [0.2, 0.25) is 0 Å². The van der Waals surface area contributed by atoms with Gasteiger partial charge in [-0.25, -0.2) is 8.78 Å². The highest BCUT2D eigenvalue weighted by Crippen LogP contribution is 2.36.